The zero-order chi connectivity index (χ0) is 13.6. The lowest BCUT2D eigenvalue weighted by Crippen LogP contribution is -2.34. The molecule has 0 amide bonds. The second-order valence-corrected chi connectivity index (χ2v) is 4.90. The standard InChI is InChI=1S/C14H19ClO3/c1-4-5-10-17-11-6-8-12(9-7-11)18-14(2,3)13(15)16/h6-9H,4-5,10H2,1-3H3. The maximum absolute atomic E-state index is 11.1. The molecule has 0 aromatic heterocycles. The van der Waals surface area contributed by atoms with Crippen LogP contribution in [0.15, 0.2) is 24.3 Å². The molecule has 0 N–H and O–H groups in total. The molecule has 1 aromatic rings. The Morgan fingerprint density at radius 1 is 1.22 bits per heavy atom. The molecule has 4 heteroatoms. The molecule has 0 aliphatic heterocycles. The second kappa shape index (κ2) is 6.64. The molecule has 0 saturated heterocycles. The largest absolute Gasteiger partial charge is 0.494 e. The Hall–Kier alpha value is -1.22. The molecule has 0 spiro atoms. The fourth-order valence-corrected chi connectivity index (χ4v) is 1.31. The smallest absolute Gasteiger partial charge is 0.264 e. The van der Waals surface area contributed by atoms with Crippen LogP contribution in [0.1, 0.15) is 33.6 Å². The van der Waals surface area contributed by atoms with E-state index in [0.717, 1.165) is 18.6 Å². The number of carbonyl (C=O) groups is 1. The topological polar surface area (TPSA) is 35.5 Å². The first-order chi connectivity index (χ1) is 8.45. The summed E-state index contributed by atoms with van der Waals surface area (Å²) in [5, 5.41) is -0.522. The third-order valence-electron chi connectivity index (χ3n) is 2.44. The van der Waals surface area contributed by atoms with Crippen LogP contribution in [0.2, 0.25) is 0 Å². The summed E-state index contributed by atoms with van der Waals surface area (Å²) in [7, 11) is 0. The van der Waals surface area contributed by atoms with Crippen molar-refractivity contribution in [3.63, 3.8) is 0 Å². The zero-order valence-electron chi connectivity index (χ0n) is 11.0. The monoisotopic (exact) mass is 270 g/mol. The van der Waals surface area contributed by atoms with Crippen molar-refractivity contribution in [2.24, 2.45) is 0 Å². The lowest BCUT2D eigenvalue weighted by Gasteiger charge is -2.22. The van der Waals surface area contributed by atoms with Gasteiger partial charge in [0.05, 0.1) is 6.61 Å². The first kappa shape index (κ1) is 14.8. The van der Waals surface area contributed by atoms with Gasteiger partial charge in [-0.2, -0.15) is 0 Å². The Kier molecular flexibility index (Phi) is 5.48. The minimum Gasteiger partial charge on any atom is -0.494 e. The summed E-state index contributed by atoms with van der Waals surface area (Å²) < 4.78 is 11.0. The van der Waals surface area contributed by atoms with E-state index >= 15 is 0 Å². The molecule has 0 radical (unpaired) electrons. The summed E-state index contributed by atoms with van der Waals surface area (Å²) in [5.74, 6) is 1.39. The average Bonchev–Trinajstić information content (AvgIpc) is 2.31. The Balaban J connectivity index is 2.57. The van der Waals surface area contributed by atoms with Gasteiger partial charge in [0.1, 0.15) is 11.5 Å². The third kappa shape index (κ3) is 4.57. The van der Waals surface area contributed by atoms with Crippen molar-refractivity contribution in [1.82, 2.24) is 0 Å². The van der Waals surface area contributed by atoms with Crippen molar-refractivity contribution in [1.29, 1.82) is 0 Å². The van der Waals surface area contributed by atoms with Gasteiger partial charge in [0.2, 0.25) is 0 Å². The normalized spacial score (nSPS) is 11.1. The number of ether oxygens (including phenoxy) is 2. The van der Waals surface area contributed by atoms with Gasteiger partial charge in [-0.1, -0.05) is 13.3 Å². The molecule has 3 nitrogen and oxygen atoms in total. The number of unbranched alkanes of at least 4 members (excludes halogenated alkanes) is 1. The molecule has 0 fully saturated rings. The fraction of sp³-hybridized carbons (Fsp3) is 0.500. The molecule has 0 saturated carbocycles. The minimum absolute atomic E-state index is 0.522. The number of carbonyl (C=O) groups excluding carboxylic acids is 1. The molecule has 1 rings (SSSR count). The number of halogens is 1. The van der Waals surface area contributed by atoms with Crippen molar-refractivity contribution >= 4 is 16.8 Å². The van der Waals surface area contributed by atoms with Crippen molar-refractivity contribution in [2.75, 3.05) is 6.61 Å². The van der Waals surface area contributed by atoms with Gasteiger partial charge in [-0.25, -0.2) is 0 Å². The average molecular weight is 271 g/mol. The second-order valence-electron chi connectivity index (χ2n) is 4.56. The van der Waals surface area contributed by atoms with Crippen LogP contribution in [0.5, 0.6) is 11.5 Å². The number of hydrogen-bond acceptors (Lipinski definition) is 3. The summed E-state index contributed by atoms with van der Waals surface area (Å²) in [6.45, 7) is 6.09. The number of benzene rings is 1. The van der Waals surface area contributed by atoms with Gasteiger partial charge < -0.3 is 9.47 Å². The van der Waals surface area contributed by atoms with Crippen LogP contribution in [0.4, 0.5) is 0 Å². The zero-order valence-corrected chi connectivity index (χ0v) is 11.8. The Labute approximate surface area is 113 Å². The van der Waals surface area contributed by atoms with E-state index in [-0.39, 0.29) is 0 Å². The van der Waals surface area contributed by atoms with Crippen LogP contribution in [0.3, 0.4) is 0 Å². The van der Waals surface area contributed by atoms with Gasteiger partial charge in [0, 0.05) is 0 Å². The molecule has 0 atom stereocenters. The highest BCUT2D eigenvalue weighted by Gasteiger charge is 2.27. The van der Waals surface area contributed by atoms with Gasteiger partial charge in [0.15, 0.2) is 5.60 Å². The molecule has 18 heavy (non-hydrogen) atoms. The molecule has 1 aromatic carbocycles. The number of hydrogen-bond donors (Lipinski definition) is 0. The highest BCUT2D eigenvalue weighted by Crippen LogP contribution is 2.23. The Morgan fingerprint density at radius 3 is 2.28 bits per heavy atom. The van der Waals surface area contributed by atoms with Crippen LogP contribution in [0.25, 0.3) is 0 Å². The van der Waals surface area contributed by atoms with Gasteiger partial charge in [0.25, 0.3) is 5.24 Å². The molecular formula is C14H19ClO3. The molecule has 0 aliphatic carbocycles. The molecular weight excluding hydrogens is 252 g/mol. The van der Waals surface area contributed by atoms with Crippen molar-refractivity contribution < 1.29 is 14.3 Å². The number of rotatable bonds is 7. The summed E-state index contributed by atoms with van der Waals surface area (Å²) in [4.78, 5) is 11.1. The Bertz CT molecular complexity index is 385. The van der Waals surface area contributed by atoms with E-state index in [2.05, 4.69) is 6.92 Å². The molecule has 100 valence electrons. The van der Waals surface area contributed by atoms with E-state index in [4.69, 9.17) is 21.1 Å². The lowest BCUT2D eigenvalue weighted by molar-refractivity contribution is -0.123. The molecule has 0 bridgehead atoms. The summed E-state index contributed by atoms with van der Waals surface area (Å²) in [5.41, 5.74) is -1.02. The Morgan fingerprint density at radius 2 is 1.78 bits per heavy atom. The molecule has 0 heterocycles. The predicted molar refractivity (Wildman–Crippen MR) is 72.4 cm³/mol. The van der Waals surface area contributed by atoms with Crippen LogP contribution < -0.4 is 9.47 Å². The molecule has 0 aliphatic rings. The van der Waals surface area contributed by atoms with Crippen molar-refractivity contribution in [3.05, 3.63) is 24.3 Å². The quantitative estimate of drug-likeness (QED) is 0.559. The van der Waals surface area contributed by atoms with Gasteiger partial charge in [-0.15, -0.1) is 0 Å². The van der Waals surface area contributed by atoms with E-state index in [1.54, 1.807) is 26.0 Å². The predicted octanol–water partition coefficient (Wildman–Crippen LogP) is 3.79. The van der Waals surface area contributed by atoms with E-state index in [1.807, 2.05) is 12.1 Å². The van der Waals surface area contributed by atoms with E-state index in [0.29, 0.717) is 12.4 Å². The first-order valence-corrected chi connectivity index (χ1v) is 6.45. The molecule has 0 unspecified atom stereocenters. The van der Waals surface area contributed by atoms with Crippen LogP contribution in [-0.2, 0) is 4.79 Å². The van der Waals surface area contributed by atoms with E-state index < -0.39 is 10.8 Å². The van der Waals surface area contributed by atoms with Crippen LogP contribution in [0, 0.1) is 0 Å². The summed E-state index contributed by atoms with van der Waals surface area (Å²) >= 11 is 5.45. The van der Waals surface area contributed by atoms with Crippen LogP contribution >= 0.6 is 11.6 Å². The minimum atomic E-state index is -1.02. The lowest BCUT2D eigenvalue weighted by atomic mass is 10.1. The van der Waals surface area contributed by atoms with Gasteiger partial charge in [-0.3, -0.25) is 4.79 Å². The summed E-state index contributed by atoms with van der Waals surface area (Å²) in [6.07, 6.45) is 2.14. The maximum atomic E-state index is 11.1. The van der Waals surface area contributed by atoms with E-state index in [1.165, 1.54) is 0 Å². The highest BCUT2D eigenvalue weighted by atomic mass is 35.5. The third-order valence-corrected chi connectivity index (χ3v) is 2.89. The fourth-order valence-electron chi connectivity index (χ4n) is 1.27. The van der Waals surface area contributed by atoms with Gasteiger partial charge in [-0.05, 0) is 56.1 Å². The summed E-state index contributed by atoms with van der Waals surface area (Å²) in [6, 6.07) is 7.17. The van der Waals surface area contributed by atoms with Gasteiger partial charge >= 0.3 is 0 Å². The highest BCUT2D eigenvalue weighted by molar-refractivity contribution is 6.65. The maximum Gasteiger partial charge on any atom is 0.264 e. The van der Waals surface area contributed by atoms with E-state index in [9.17, 15) is 4.79 Å². The van der Waals surface area contributed by atoms with Crippen molar-refractivity contribution in [2.45, 2.75) is 39.2 Å². The van der Waals surface area contributed by atoms with Crippen LogP contribution in [-0.4, -0.2) is 17.5 Å². The SMILES string of the molecule is CCCCOc1ccc(OC(C)(C)C(=O)Cl)cc1. The first-order valence-electron chi connectivity index (χ1n) is 6.07. The van der Waals surface area contributed by atoms with Crippen molar-refractivity contribution in [3.8, 4) is 11.5 Å².